The molecule has 0 spiro atoms. The summed E-state index contributed by atoms with van der Waals surface area (Å²) in [5.74, 6) is -0.400. The molecule has 3 nitrogen and oxygen atoms in total. The van der Waals surface area contributed by atoms with E-state index in [1.165, 1.54) is 12.7 Å². The van der Waals surface area contributed by atoms with Crippen LogP contribution in [0.1, 0.15) is 35.3 Å². The highest BCUT2D eigenvalue weighted by molar-refractivity contribution is 6.31. The molecule has 2 rings (SSSR count). The van der Waals surface area contributed by atoms with Gasteiger partial charge in [-0.15, -0.1) is 0 Å². The second kappa shape index (κ2) is 7.14. The number of hydrogen-bond acceptors (Lipinski definition) is 3. The first-order chi connectivity index (χ1) is 10.2. The van der Waals surface area contributed by atoms with Gasteiger partial charge in [0.2, 0.25) is 0 Å². The molecule has 110 valence electrons. The zero-order valence-electron chi connectivity index (χ0n) is 12.1. The molecular formula is C17H18ClNO2. The normalized spacial score (nSPS) is 11.8. The first-order valence-corrected chi connectivity index (χ1v) is 7.22. The van der Waals surface area contributed by atoms with Gasteiger partial charge in [-0.05, 0) is 30.2 Å². The lowest BCUT2D eigenvalue weighted by Gasteiger charge is -2.20. The zero-order valence-corrected chi connectivity index (χ0v) is 12.9. The van der Waals surface area contributed by atoms with Gasteiger partial charge >= 0.3 is 5.97 Å². The minimum Gasteiger partial charge on any atom is -0.465 e. The third-order valence-electron chi connectivity index (χ3n) is 3.33. The first kappa shape index (κ1) is 15.4. The summed E-state index contributed by atoms with van der Waals surface area (Å²) in [6.45, 7) is 2.10. The zero-order chi connectivity index (χ0) is 15.2. The molecule has 0 aliphatic rings. The Morgan fingerprint density at radius 2 is 1.95 bits per heavy atom. The van der Waals surface area contributed by atoms with E-state index in [-0.39, 0.29) is 6.04 Å². The predicted octanol–water partition coefficient (Wildman–Crippen LogP) is 4.69. The van der Waals surface area contributed by atoms with Crippen molar-refractivity contribution in [2.75, 3.05) is 12.4 Å². The summed E-state index contributed by atoms with van der Waals surface area (Å²) < 4.78 is 4.82. The van der Waals surface area contributed by atoms with Crippen molar-refractivity contribution in [1.82, 2.24) is 0 Å². The van der Waals surface area contributed by atoms with Crippen LogP contribution in [0.4, 0.5) is 5.69 Å². The van der Waals surface area contributed by atoms with E-state index in [1.54, 1.807) is 18.2 Å². The SMILES string of the molecule is CCC(Nc1ccc(Cl)cc1C(=O)OC)c1ccccc1. The number of ether oxygens (including phenoxy) is 1. The van der Waals surface area contributed by atoms with Crippen LogP contribution < -0.4 is 5.32 Å². The molecule has 0 radical (unpaired) electrons. The number of anilines is 1. The molecule has 0 fully saturated rings. The average Bonchev–Trinajstić information content (AvgIpc) is 2.53. The summed E-state index contributed by atoms with van der Waals surface area (Å²) in [6.07, 6.45) is 0.896. The minimum atomic E-state index is -0.400. The quantitative estimate of drug-likeness (QED) is 0.814. The molecule has 0 amide bonds. The molecule has 0 bridgehead atoms. The number of carbonyl (C=O) groups is 1. The monoisotopic (exact) mass is 303 g/mol. The molecule has 0 saturated carbocycles. The largest absolute Gasteiger partial charge is 0.465 e. The number of esters is 1. The molecule has 1 unspecified atom stereocenters. The van der Waals surface area contributed by atoms with Crippen molar-refractivity contribution in [2.24, 2.45) is 0 Å². The van der Waals surface area contributed by atoms with Crippen LogP contribution in [0.2, 0.25) is 5.02 Å². The third-order valence-corrected chi connectivity index (χ3v) is 3.56. The van der Waals surface area contributed by atoms with E-state index < -0.39 is 5.97 Å². The fraction of sp³-hybridized carbons (Fsp3) is 0.235. The molecule has 1 N–H and O–H groups in total. The molecule has 0 aliphatic heterocycles. The van der Waals surface area contributed by atoms with Gasteiger partial charge in [0.15, 0.2) is 0 Å². The second-order valence-electron chi connectivity index (χ2n) is 4.70. The molecule has 2 aromatic carbocycles. The van der Waals surface area contributed by atoms with Crippen molar-refractivity contribution in [3.05, 3.63) is 64.7 Å². The van der Waals surface area contributed by atoms with Crippen molar-refractivity contribution in [2.45, 2.75) is 19.4 Å². The van der Waals surface area contributed by atoms with E-state index in [9.17, 15) is 4.79 Å². The Hall–Kier alpha value is -2.00. The van der Waals surface area contributed by atoms with E-state index in [4.69, 9.17) is 16.3 Å². The Morgan fingerprint density at radius 1 is 1.24 bits per heavy atom. The van der Waals surface area contributed by atoms with Gasteiger partial charge in [-0.25, -0.2) is 4.79 Å². The third kappa shape index (κ3) is 3.76. The average molecular weight is 304 g/mol. The highest BCUT2D eigenvalue weighted by atomic mass is 35.5. The maximum absolute atomic E-state index is 11.9. The number of rotatable bonds is 5. The van der Waals surface area contributed by atoms with Crippen LogP contribution in [0.15, 0.2) is 48.5 Å². The highest BCUT2D eigenvalue weighted by Crippen LogP contribution is 2.27. The number of nitrogens with one attached hydrogen (secondary N) is 1. The van der Waals surface area contributed by atoms with E-state index in [2.05, 4.69) is 24.4 Å². The van der Waals surface area contributed by atoms with Crippen LogP contribution in [-0.2, 0) is 4.74 Å². The summed E-state index contributed by atoms with van der Waals surface area (Å²) in [7, 11) is 1.36. The minimum absolute atomic E-state index is 0.121. The lowest BCUT2D eigenvalue weighted by Crippen LogP contribution is -2.13. The van der Waals surface area contributed by atoms with Crippen LogP contribution in [0.3, 0.4) is 0 Å². The summed E-state index contributed by atoms with van der Waals surface area (Å²) in [4.78, 5) is 11.9. The number of halogens is 1. The van der Waals surface area contributed by atoms with Gasteiger partial charge in [-0.2, -0.15) is 0 Å². The smallest absolute Gasteiger partial charge is 0.340 e. The number of methoxy groups -OCH3 is 1. The standard InChI is InChI=1S/C17H18ClNO2/c1-3-15(12-7-5-4-6-8-12)19-16-10-9-13(18)11-14(16)17(20)21-2/h4-11,15,19H,3H2,1-2H3. The van der Waals surface area contributed by atoms with Crippen LogP contribution in [0, 0.1) is 0 Å². The van der Waals surface area contributed by atoms with Gasteiger partial charge in [-0.3, -0.25) is 0 Å². The van der Waals surface area contributed by atoms with Gasteiger partial charge in [0.25, 0.3) is 0 Å². The Labute approximate surface area is 129 Å². The fourth-order valence-electron chi connectivity index (χ4n) is 2.22. The number of hydrogen-bond donors (Lipinski definition) is 1. The van der Waals surface area contributed by atoms with Crippen LogP contribution in [0.25, 0.3) is 0 Å². The molecule has 2 aromatic rings. The lowest BCUT2D eigenvalue weighted by atomic mass is 10.0. The topological polar surface area (TPSA) is 38.3 Å². The van der Waals surface area contributed by atoms with Gasteiger partial charge in [0.1, 0.15) is 0 Å². The summed E-state index contributed by atoms with van der Waals surface area (Å²) >= 11 is 5.97. The van der Waals surface area contributed by atoms with Crippen molar-refractivity contribution in [3.63, 3.8) is 0 Å². The maximum Gasteiger partial charge on any atom is 0.340 e. The van der Waals surface area contributed by atoms with E-state index in [0.717, 1.165) is 12.1 Å². The predicted molar refractivity (Wildman–Crippen MR) is 85.9 cm³/mol. The van der Waals surface area contributed by atoms with Gasteiger partial charge in [0, 0.05) is 10.7 Å². The molecule has 0 heterocycles. The maximum atomic E-state index is 11.9. The van der Waals surface area contributed by atoms with Crippen LogP contribution in [0.5, 0.6) is 0 Å². The molecular weight excluding hydrogens is 286 g/mol. The number of benzene rings is 2. The molecule has 4 heteroatoms. The molecule has 1 atom stereocenters. The molecule has 0 aromatic heterocycles. The highest BCUT2D eigenvalue weighted by Gasteiger charge is 2.16. The summed E-state index contributed by atoms with van der Waals surface area (Å²) in [5, 5.41) is 3.90. The van der Waals surface area contributed by atoms with Gasteiger partial charge in [0.05, 0.1) is 18.7 Å². The number of carbonyl (C=O) groups excluding carboxylic acids is 1. The van der Waals surface area contributed by atoms with Crippen LogP contribution >= 0.6 is 11.6 Å². The van der Waals surface area contributed by atoms with E-state index in [0.29, 0.717) is 10.6 Å². The lowest BCUT2D eigenvalue weighted by molar-refractivity contribution is 0.0602. The van der Waals surface area contributed by atoms with E-state index >= 15 is 0 Å². The molecule has 21 heavy (non-hydrogen) atoms. The van der Waals surface area contributed by atoms with Crippen LogP contribution in [-0.4, -0.2) is 13.1 Å². The van der Waals surface area contributed by atoms with Crippen molar-refractivity contribution < 1.29 is 9.53 Å². The van der Waals surface area contributed by atoms with Crippen molar-refractivity contribution in [3.8, 4) is 0 Å². The Balaban J connectivity index is 2.31. The van der Waals surface area contributed by atoms with Crippen molar-refractivity contribution >= 4 is 23.3 Å². The molecule has 0 saturated heterocycles. The Kier molecular flexibility index (Phi) is 5.23. The summed E-state index contributed by atoms with van der Waals surface area (Å²) in [5.41, 5.74) is 2.34. The Bertz CT molecular complexity index is 613. The Morgan fingerprint density at radius 3 is 2.57 bits per heavy atom. The fourth-order valence-corrected chi connectivity index (χ4v) is 2.39. The molecule has 0 aliphatic carbocycles. The van der Waals surface area contributed by atoms with E-state index in [1.807, 2.05) is 18.2 Å². The first-order valence-electron chi connectivity index (χ1n) is 6.85. The van der Waals surface area contributed by atoms with Crippen molar-refractivity contribution in [1.29, 1.82) is 0 Å². The van der Waals surface area contributed by atoms with Gasteiger partial charge < -0.3 is 10.1 Å². The van der Waals surface area contributed by atoms with Gasteiger partial charge in [-0.1, -0.05) is 48.9 Å². The second-order valence-corrected chi connectivity index (χ2v) is 5.13. The summed E-state index contributed by atoms with van der Waals surface area (Å²) in [6, 6.07) is 15.4.